The lowest BCUT2D eigenvalue weighted by atomic mass is 9.86. The highest BCUT2D eigenvalue weighted by molar-refractivity contribution is 5.47. The summed E-state index contributed by atoms with van der Waals surface area (Å²) in [6.07, 6.45) is 5.08. The van der Waals surface area contributed by atoms with Gasteiger partial charge in [0, 0.05) is 50.2 Å². The zero-order valence-electron chi connectivity index (χ0n) is 15.3. The zero-order chi connectivity index (χ0) is 18.9. The lowest BCUT2D eigenvalue weighted by Gasteiger charge is -2.44. The van der Waals surface area contributed by atoms with E-state index in [0.29, 0.717) is 18.9 Å². The van der Waals surface area contributed by atoms with Crippen molar-refractivity contribution in [2.75, 3.05) is 31.1 Å². The molecule has 0 unspecified atom stereocenters. The molecule has 0 aliphatic carbocycles. The van der Waals surface area contributed by atoms with Gasteiger partial charge in [0.25, 0.3) is 0 Å². The highest BCUT2D eigenvalue weighted by Crippen LogP contribution is 2.34. The van der Waals surface area contributed by atoms with E-state index in [1.165, 1.54) is 12.1 Å². The Bertz CT molecular complexity index is 770. The van der Waals surface area contributed by atoms with Gasteiger partial charge in [0.2, 0.25) is 0 Å². The summed E-state index contributed by atoms with van der Waals surface area (Å²) >= 11 is 0. The van der Waals surface area contributed by atoms with E-state index in [0.717, 1.165) is 50.4 Å². The maximum Gasteiger partial charge on any atom is 0.160 e. The Labute approximate surface area is 158 Å². The van der Waals surface area contributed by atoms with Crippen LogP contribution in [0.4, 0.5) is 14.5 Å². The number of aromatic nitrogens is 1. The van der Waals surface area contributed by atoms with Gasteiger partial charge in [-0.25, -0.2) is 8.78 Å². The van der Waals surface area contributed by atoms with E-state index in [9.17, 15) is 13.9 Å². The van der Waals surface area contributed by atoms with Gasteiger partial charge in [-0.15, -0.1) is 0 Å². The summed E-state index contributed by atoms with van der Waals surface area (Å²) in [7, 11) is 0. The van der Waals surface area contributed by atoms with Gasteiger partial charge < -0.3 is 14.9 Å². The fourth-order valence-electron chi connectivity index (χ4n) is 4.32. The van der Waals surface area contributed by atoms with Crippen molar-refractivity contribution in [2.45, 2.75) is 37.3 Å². The summed E-state index contributed by atoms with van der Waals surface area (Å²) < 4.78 is 26.6. The molecule has 0 saturated carbocycles. The molecule has 27 heavy (non-hydrogen) atoms. The molecule has 2 fully saturated rings. The van der Waals surface area contributed by atoms with Crippen molar-refractivity contribution in [3.63, 3.8) is 0 Å². The van der Waals surface area contributed by atoms with Crippen LogP contribution in [0.5, 0.6) is 0 Å². The van der Waals surface area contributed by atoms with E-state index < -0.39 is 17.2 Å². The second-order valence-corrected chi connectivity index (χ2v) is 7.60. The number of nitrogens with zero attached hydrogens (tertiary/aromatic N) is 3. The fraction of sp³-hybridized carbons (Fsp3) is 0.476. The second-order valence-electron chi connectivity index (χ2n) is 7.60. The Morgan fingerprint density at radius 2 is 1.70 bits per heavy atom. The van der Waals surface area contributed by atoms with E-state index >= 15 is 0 Å². The minimum atomic E-state index is -0.829. The van der Waals surface area contributed by atoms with Crippen molar-refractivity contribution in [1.29, 1.82) is 0 Å². The molecule has 4 rings (SSSR count). The standard InChI is InChI=1S/C21H25F2N3O/c22-18-5-4-17(15-19(18)23)25-11-6-16(7-12-25)26-13-8-21(27,9-14-26)20-3-1-2-10-24-20/h1-5,10,15-16,27H,6-9,11-14H2. The van der Waals surface area contributed by atoms with E-state index in [-0.39, 0.29) is 0 Å². The van der Waals surface area contributed by atoms with Gasteiger partial charge in [0.05, 0.1) is 5.69 Å². The van der Waals surface area contributed by atoms with Crippen molar-refractivity contribution < 1.29 is 13.9 Å². The number of pyridine rings is 1. The van der Waals surface area contributed by atoms with Crippen LogP contribution in [0.15, 0.2) is 42.6 Å². The van der Waals surface area contributed by atoms with Crippen LogP contribution in [-0.4, -0.2) is 47.2 Å². The Morgan fingerprint density at radius 1 is 0.963 bits per heavy atom. The first-order chi connectivity index (χ1) is 13.0. The van der Waals surface area contributed by atoms with Gasteiger partial charge in [-0.05, 0) is 49.9 Å². The van der Waals surface area contributed by atoms with Gasteiger partial charge >= 0.3 is 0 Å². The summed E-state index contributed by atoms with van der Waals surface area (Å²) in [5, 5.41) is 10.9. The third kappa shape index (κ3) is 3.82. The maximum absolute atomic E-state index is 13.5. The predicted octanol–water partition coefficient (Wildman–Crippen LogP) is 3.31. The summed E-state index contributed by atoms with van der Waals surface area (Å²) in [6, 6.07) is 10.3. The monoisotopic (exact) mass is 373 g/mol. The summed E-state index contributed by atoms with van der Waals surface area (Å²) in [5.74, 6) is -1.60. The molecule has 2 aliphatic rings. The third-order valence-electron chi connectivity index (χ3n) is 6.02. The van der Waals surface area contributed by atoms with Crippen molar-refractivity contribution in [3.8, 4) is 0 Å². The van der Waals surface area contributed by atoms with Crippen molar-refractivity contribution in [3.05, 3.63) is 59.9 Å². The highest BCUT2D eigenvalue weighted by Gasteiger charge is 2.37. The summed E-state index contributed by atoms with van der Waals surface area (Å²) in [5.41, 5.74) is 0.678. The quantitative estimate of drug-likeness (QED) is 0.896. The van der Waals surface area contributed by atoms with Gasteiger partial charge in [0.1, 0.15) is 5.60 Å². The number of anilines is 1. The van der Waals surface area contributed by atoms with Gasteiger partial charge in [0.15, 0.2) is 11.6 Å². The lowest BCUT2D eigenvalue weighted by molar-refractivity contribution is -0.0409. The molecule has 2 aromatic rings. The van der Waals surface area contributed by atoms with Crippen LogP contribution < -0.4 is 4.90 Å². The number of likely N-dealkylation sites (tertiary alicyclic amines) is 1. The first kappa shape index (κ1) is 18.3. The van der Waals surface area contributed by atoms with Crippen molar-refractivity contribution in [1.82, 2.24) is 9.88 Å². The normalized spacial score (nSPS) is 21.4. The van der Waals surface area contributed by atoms with E-state index in [1.807, 2.05) is 18.2 Å². The predicted molar refractivity (Wildman–Crippen MR) is 101 cm³/mol. The minimum Gasteiger partial charge on any atom is -0.383 e. The molecule has 144 valence electrons. The smallest absolute Gasteiger partial charge is 0.160 e. The second kappa shape index (κ2) is 7.52. The van der Waals surface area contributed by atoms with Crippen LogP contribution in [0.3, 0.4) is 0 Å². The number of hydrogen-bond donors (Lipinski definition) is 1. The van der Waals surface area contributed by atoms with E-state index in [1.54, 1.807) is 12.3 Å². The highest BCUT2D eigenvalue weighted by atomic mass is 19.2. The van der Waals surface area contributed by atoms with Crippen LogP contribution in [0.1, 0.15) is 31.4 Å². The van der Waals surface area contributed by atoms with E-state index in [2.05, 4.69) is 14.8 Å². The largest absolute Gasteiger partial charge is 0.383 e. The molecular formula is C21H25F2N3O. The first-order valence-corrected chi connectivity index (χ1v) is 9.63. The molecule has 6 heteroatoms. The van der Waals surface area contributed by atoms with Crippen LogP contribution in [-0.2, 0) is 5.60 Å². The molecule has 1 N–H and O–H groups in total. The number of halogens is 2. The molecule has 1 aromatic carbocycles. The van der Waals surface area contributed by atoms with Crippen LogP contribution >= 0.6 is 0 Å². The molecule has 2 saturated heterocycles. The number of aliphatic hydroxyl groups is 1. The van der Waals surface area contributed by atoms with Gasteiger partial charge in [-0.1, -0.05) is 6.07 Å². The number of piperidine rings is 2. The topological polar surface area (TPSA) is 39.6 Å². The van der Waals surface area contributed by atoms with Crippen LogP contribution in [0.2, 0.25) is 0 Å². The Hall–Kier alpha value is -2.05. The molecule has 0 bridgehead atoms. The Morgan fingerprint density at radius 3 is 2.33 bits per heavy atom. The molecule has 4 nitrogen and oxygen atoms in total. The molecule has 1 aromatic heterocycles. The van der Waals surface area contributed by atoms with Crippen molar-refractivity contribution >= 4 is 5.69 Å². The maximum atomic E-state index is 13.5. The fourth-order valence-corrected chi connectivity index (χ4v) is 4.32. The Kier molecular flexibility index (Phi) is 5.10. The van der Waals surface area contributed by atoms with Gasteiger partial charge in [-0.3, -0.25) is 4.98 Å². The molecule has 2 aliphatic heterocycles. The molecule has 3 heterocycles. The summed E-state index contributed by atoms with van der Waals surface area (Å²) in [4.78, 5) is 8.91. The molecule has 0 atom stereocenters. The van der Waals surface area contributed by atoms with Gasteiger partial charge in [-0.2, -0.15) is 0 Å². The lowest BCUT2D eigenvalue weighted by Crippen LogP contribution is -2.51. The molecular weight excluding hydrogens is 348 g/mol. The van der Waals surface area contributed by atoms with Crippen molar-refractivity contribution in [2.24, 2.45) is 0 Å². The van der Waals surface area contributed by atoms with Crippen LogP contribution in [0.25, 0.3) is 0 Å². The van der Waals surface area contributed by atoms with Crippen LogP contribution in [0, 0.1) is 11.6 Å². The number of rotatable bonds is 3. The number of hydrogen-bond acceptors (Lipinski definition) is 4. The SMILES string of the molecule is OC1(c2ccccn2)CCN(C2CCN(c3ccc(F)c(F)c3)CC2)CC1. The number of benzene rings is 1. The third-order valence-corrected chi connectivity index (χ3v) is 6.02. The molecule has 0 spiro atoms. The zero-order valence-corrected chi connectivity index (χ0v) is 15.3. The molecule has 0 amide bonds. The molecule has 0 radical (unpaired) electrons. The minimum absolute atomic E-state index is 0.472. The van der Waals surface area contributed by atoms with E-state index in [4.69, 9.17) is 0 Å². The average Bonchev–Trinajstić information content (AvgIpc) is 2.71. The first-order valence-electron chi connectivity index (χ1n) is 9.63. The summed E-state index contributed by atoms with van der Waals surface area (Å²) in [6.45, 7) is 3.36. The Balaban J connectivity index is 1.32. The average molecular weight is 373 g/mol.